The molecule has 3 rings (SSSR count). The minimum absolute atomic E-state index is 0.0331. The van der Waals surface area contributed by atoms with E-state index < -0.39 is 5.60 Å². The normalized spacial score (nSPS) is 12.3. The van der Waals surface area contributed by atoms with Gasteiger partial charge >= 0.3 is 12.2 Å². The number of amides is 2. The summed E-state index contributed by atoms with van der Waals surface area (Å²) in [6, 6.07) is 16.6. The molecule has 17 nitrogen and oxygen atoms in total. The molecule has 2 amide bonds. The molecule has 2 aromatic rings. The topological polar surface area (TPSA) is 161 Å². The van der Waals surface area contributed by atoms with Crippen LogP contribution in [0.2, 0.25) is 0 Å². The molecule has 0 aliphatic heterocycles. The Morgan fingerprint density at radius 3 is 1.00 bits per heavy atom. The predicted molar refractivity (Wildman–Crippen MR) is 236 cm³/mol. The number of carbonyl (C=O) groups is 2. The van der Waals surface area contributed by atoms with Gasteiger partial charge < -0.3 is 71.4 Å². The zero-order chi connectivity index (χ0) is 45.2. The number of rotatable bonds is 38. The molecule has 17 heteroatoms. The van der Waals surface area contributed by atoms with Crippen LogP contribution in [0.15, 0.2) is 48.5 Å². The second-order valence-electron chi connectivity index (χ2n) is 15.4. The van der Waals surface area contributed by atoms with E-state index >= 15 is 0 Å². The molecule has 0 unspecified atom stereocenters. The van der Waals surface area contributed by atoms with Gasteiger partial charge in [-0.15, -0.1) is 0 Å². The Balaban J connectivity index is 0.944. The van der Waals surface area contributed by atoms with Crippen LogP contribution < -0.4 is 0 Å². The number of hydrogen-bond donors (Lipinski definition) is 0. The van der Waals surface area contributed by atoms with Gasteiger partial charge in [0.05, 0.1) is 145 Å². The zero-order valence-electron chi connectivity index (χ0n) is 38.4. The minimum atomic E-state index is -0.517. The lowest BCUT2D eigenvalue weighted by Crippen LogP contribution is -2.36. The van der Waals surface area contributed by atoms with Gasteiger partial charge in [-0.25, -0.2) is 9.59 Å². The van der Waals surface area contributed by atoms with Crippen LogP contribution >= 0.6 is 0 Å². The van der Waals surface area contributed by atoms with E-state index in [1.165, 1.54) is 32.1 Å². The van der Waals surface area contributed by atoms with E-state index in [1.54, 1.807) is 14.1 Å². The molecular formula is C46H74N2O15. The maximum absolute atomic E-state index is 12.6. The molecule has 0 aromatic heterocycles. The Kier molecular flexibility index (Phi) is 29.0. The Morgan fingerprint density at radius 2 is 0.698 bits per heavy atom. The Morgan fingerprint density at radius 1 is 0.429 bits per heavy atom. The highest BCUT2D eigenvalue weighted by molar-refractivity contribution is 5.79. The highest BCUT2D eigenvalue weighted by Crippen LogP contribution is 2.44. The second kappa shape index (κ2) is 34.0. The lowest BCUT2D eigenvalue weighted by atomic mass is 9.98. The van der Waals surface area contributed by atoms with Crippen molar-refractivity contribution in [2.75, 3.05) is 179 Å². The van der Waals surface area contributed by atoms with E-state index in [9.17, 15) is 9.59 Å². The number of nitrogens with zero attached hydrogens (tertiary/aromatic N) is 2. The van der Waals surface area contributed by atoms with Crippen molar-refractivity contribution >= 4 is 12.2 Å². The molecule has 0 N–H and O–H groups in total. The third-order valence-corrected chi connectivity index (χ3v) is 9.22. The molecule has 0 saturated heterocycles. The van der Waals surface area contributed by atoms with E-state index in [0.29, 0.717) is 165 Å². The average molecular weight is 895 g/mol. The van der Waals surface area contributed by atoms with Gasteiger partial charge in [0.15, 0.2) is 0 Å². The number of ether oxygens (including phenoxy) is 13. The van der Waals surface area contributed by atoms with Crippen molar-refractivity contribution in [2.24, 2.45) is 0 Å². The van der Waals surface area contributed by atoms with Crippen LogP contribution in [0.4, 0.5) is 9.59 Å². The van der Waals surface area contributed by atoms with Crippen molar-refractivity contribution in [3.05, 3.63) is 59.7 Å². The van der Waals surface area contributed by atoms with Gasteiger partial charge in [0.25, 0.3) is 0 Å². The molecule has 1 aliphatic carbocycles. The molecule has 0 radical (unpaired) electrons. The first-order valence-corrected chi connectivity index (χ1v) is 22.0. The van der Waals surface area contributed by atoms with Crippen molar-refractivity contribution < 1.29 is 71.2 Å². The monoisotopic (exact) mass is 895 g/mol. The summed E-state index contributed by atoms with van der Waals surface area (Å²) in [5, 5.41) is 0. The average Bonchev–Trinajstić information content (AvgIpc) is 3.59. The molecule has 0 fully saturated rings. The summed E-state index contributed by atoms with van der Waals surface area (Å²) in [5.41, 5.74) is 4.27. The van der Waals surface area contributed by atoms with Crippen molar-refractivity contribution in [3.8, 4) is 11.1 Å². The van der Waals surface area contributed by atoms with Gasteiger partial charge in [-0.3, -0.25) is 0 Å². The van der Waals surface area contributed by atoms with Crippen LogP contribution in [0.1, 0.15) is 37.8 Å². The van der Waals surface area contributed by atoms with Crippen LogP contribution in [0.3, 0.4) is 0 Å². The lowest BCUT2D eigenvalue weighted by molar-refractivity contribution is -0.0278. The number of hydrogen-bond acceptors (Lipinski definition) is 15. The van der Waals surface area contributed by atoms with E-state index in [0.717, 1.165) is 0 Å². The van der Waals surface area contributed by atoms with Gasteiger partial charge in [0.1, 0.15) is 12.2 Å². The zero-order valence-corrected chi connectivity index (χ0v) is 38.4. The van der Waals surface area contributed by atoms with Crippen LogP contribution in [-0.4, -0.2) is 207 Å². The predicted octanol–water partition coefficient (Wildman–Crippen LogP) is 4.92. The van der Waals surface area contributed by atoms with Crippen molar-refractivity contribution in [2.45, 2.75) is 32.3 Å². The molecule has 1 aliphatic rings. The first-order chi connectivity index (χ1) is 30.7. The van der Waals surface area contributed by atoms with Crippen LogP contribution in [0.5, 0.6) is 0 Å². The Bertz CT molecular complexity index is 1430. The van der Waals surface area contributed by atoms with E-state index in [1.807, 2.05) is 45.0 Å². The Labute approximate surface area is 374 Å². The van der Waals surface area contributed by atoms with Gasteiger partial charge in [-0.2, -0.15) is 0 Å². The summed E-state index contributed by atoms with van der Waals surface area (Å²) >= 11 is 0. The maximum atomic E-state index is 12.6. The fourth-order valence-electron chi connectivity index (χ4n) is 5.93. The third kappa shape index (κ3) is 25.0. The molecule has 0 spiro atoms. The number of likely N-dealkylation sites (N-methyl/N-ethyl adjacent to an activating group) is 2. The van der Waals surface area contributed by atoms with E-state index in [4.69, 9.17) is 61.6 Å². The molecule has 358 valence electrons. The third-order valence-electron chi connectivity index (χ3n) is 9.22. The highest BCUT2D eigenvalue weighted by atomic mass is 16.6. The molecule has 0 saturated carbocycles. The molecule has 0 atom stereocenters. The molecule has 0 heterocycles. The van der Waals surface area contributed by atoms with Gasteiger partial charge in [-0.1, -0.05) is 48.5 Å². The fourth-order valence-corrected chi connectivity index (χ4v) is 5.93. The number of benzene rings is 2. The second-order valence-corrected chi connectivity index (χ2v) is 15.4. The highest BCUT2D eigenvalue weighted by Gasteiger charge is 2.29. The summed E-state index contributed by atoms with van der Waals surface area (Å²) in [6.45, 7) is 16.8. The van der Waals surface area contributed by atoms with Crippen LogP contribution in [0, 0.1) is 0 Å². The first kappa shape index (κ1) is 53.9. The maximum Gasteiger partial charge on any atom is 0.410 e. The molecule has 63 heavy (non-hydrogen) atoms. The SMILES string of the molecule is CN(CCOCCOCCOCCOCCOCCOCCOCCOCCOCCOCCOCCN(C)C(=O)OC(C)(C)C)C(=O)OCC1c2ccccc2-c2ccccc21. The molecule has 0 bridgehead atoms. The summed E-state index contributed by atoms with van der Waals surface area (Å²) in [5.74, 6) is 0.0331. The van der Waals surface area contributed by atoms with Crippen molar-refractivity contribution in [1.29, 1.82) is 0 Å². The van der Waals surface area contributed by atoms with E-state index in [-0.39, 0.29) is 18.1 Å². The summed E-state index contributed by atoms with van der Waals surface area (Å²) in [6.07, 6.45) is -0.737. The van der Waals surface area contributed by atoms with Crippen molar-refractivity contribution in [1.82, 2.24) is 9.80 Å². The summed E-state index contributed by atoms with van der Waals surface area (Å²) < 4.78 is 71.7. The smallest absolute Gasteiger partial charge is 0.410 e. The number of fused-ring (bicyclic) bond motifs is 3. The first-order valence-electron chi connectivity index (χ1n) is 22.0. The van der Waals surface area contributed by atoms with Crippen LogP contribution in [0.25, 0.3) is 11.1 Å². The van der Waals surface area contributed by atoms with Gasteiger partial charge in [0, 0.05) is 33.1 Å². The quantitative estimate of drug-likeness (QED) is 0.0836. The Hall–Kier alpha value is -3.46. The summed E-state index contributed by atoms with van der Waals surface area (Å²) in [7, 11) is 3.39. The van der Waals surface area contributed by atoms with Gasteiger partial charge in [-0.05, 0) is 43.0 Å². The summed E-state index contributed by atoms with van der Waals surface area (Å²) in [4.78, 5) is 27.5. The fraction of sp³-hybridized carbons (Fsp3) is 0.696. The van der Waals surface area contributed by atoms with Crippen LogP contribution in [-0.2, 0) is 61.6 Å². The largest absolute Gasteiger partial charge is 0.448 e. The van der Waals surface area contributed by atoms with Gasteiger partial charge in [0.2, 0.25) is 0 Å². The molecule has 2 aromatic carbocycles. The minimum Gasteiger partial charge on any atom is -0.448 e. The van der Waals surface area contributed by atoms with Crippen molar-refractivity contribution in [3.63, 3.8) is 0 Å². The van der Waals surface area contributed by atoms with E-state index in [2.05, 4.69) is 24.3 Å². The molecular weight excluding hydrogens is 821 g/mol. The lowest BCUT2D eigenvalue weighted by Gasteiger charge is -2.24. The number of carbonyl (C=O) groups excluding carboxylic acids is 2. The standard InChI is InChI=1S/C46H74N2O15/c1-46(2,3)63-45(50)48(5)15-17-52-19-21-54-23-25-56-27-29-58-31-33-60-35-37-61-36-34-59-32-30-57-28-26-55-24-22-53-20-18-51-16-14-47(4)44(49)62-38-43-41-12-8-6-10-39(41)40-11-7-9-13-42(40)43/h6-13,43H,14-38H2,1-5H3.